The fourth-order valence-corrected chi connectivity index (χ4v) is 12.3. The Kier molecular flexibility index (Phi) is 72.3. The highest BCUT2D eigenvalue weighted by Gasteiger charge is 2.20. The monoisotopic (exact) mass is 1180 g/mol. The Morgan fingerprint density at radius 1 is 0.321 bits per heavy atom. The summed E-state index contributed by atoms with van der Waals surface area (Å²) in [4.78, 5) is 24.6. The SMILES string of the molecule is CCCCC/C=C\CCCCCCCC(=O)OCCCCCCCCCCCCCC/C=C\CCCCCCCCCCCCCCCCCCCC(=O)NC(CO)C(O)CCCCCCCCCCCCCCCCCCCCCCCC. The van der Waals surface area contributed by atoms with Crippen molar-refractivity contribution in [3.63, 3.8) is 0 Å². The number of aliphatic hydroxyl groups excluding tert-OH is 2. The van der Waals surface area contributed by atoms with Gasteiger partial charge in [0.05, 0.1) is 25.4 Å². The van der Waals surface area contributed by atoms with Gasteiger partial charge in [0.1, 0.15) is 0 Å². The van der Waals surface area contributed by atoms with Crippen molar-refractivity contribution in [3.05, 3.63) is 24.3 Å². The van der Waals surface area contributed by atoms with Gasteiger partial charge in [0.25, 0.3) is 0 Å². The zero-order valence-electron chi connectivity index (χ0n) is 57.2. The quantitative estimate of drug-likeness (QED) is 0.0320. The fraction of sp³-hybridized carbons (Fsp3) is 0.923. The van der Waals surface area contributed by atoms with Crippen LogP contribution in [-0.4, -0.2) is 47.4 Å². The van der Waals surface area contributed by atoms with Gasteiger partial charge in [-0.15, -0.1) is 0 Å². The molecule has 6 nitrogen and oxygen atoms in total. The third kappa shape index (κ3) is 69.4. The van der Waals surface area contributed by atoms with Gasteiger partial charge in [0, 0.05) is 12.8 Å². The molecule has 0 saturated heterocycles. The standard InChI is InChI=1S/C78H151NO5/c1-3-5-7-9-11-13-15-17-18-19-20-21-35-38-41-44-47-50-54-58-62-66-70-76(81)75(74-80)79-77(82)71-67-63-59-55-51-48-45-42-39-36-33-31-29-27-25-23-22-24-26-28-30-32-34-37-40-43-46-49-53-57-61-65-69-73-84-78(83)72-68-64-60-56-52-16-14-12-10-8-6-4-2/h12,14,26,28,75-76,80-81H,3-11,13,15-25,27,29-74H2,1-2H3,(H,79,82)/b14-12-,28-26-. The molecule has 6 heteroatoms. The predicted molar refractivity (Wildman–Crippen MR) is 370 cm³/mol. The Bertz CT molecular complexity index is 1320. The van der Waals surface area contributed by atoms with Gasteiger partial charge in [-0.25, -0.2) is 0 Å². The maximum Gasteiger partial charge on any atom is 0.305 e. The van der Waals surface area contributed by atoms with Crippen LogP contribution in [0.2, 0.25) is 0 Å². The van der Waals surface area contributed by atoms with Crippen molar-refractivity contribution in [2.75, 3.05) is 13.2 Å². The number of carbonyl (C=O) groups excluding carboxylic acids is 2. The molecule has 0 aliphatic carbocycles. The highest BCUT2D eigenvalue weighted by atomic mass is 16.5. The molecule has 0 bridgehead atoms. The lowest BCUT2D eigenvalue weighted by molar-refractivity contribution is -0.143. The molecule has 2 unspecified atom stereocenters. The lowest BCUT2D eigenvalue weighted by Crippen LogP contribution is -2.45. The Hall–Kier alpha value is -1.66. The summed E-state index contributed by atoms with van der Waals surface area (Å²) in [6.45, 7) is 4.97. The molecular formula is C78H151NO5. The van der Waals surface area contributed by atoms with Crippen LogP contribution in [0.4, 0.5) is 0 Å². The Morgan fingerprint density at radius 3 is 0.869 bits per heavy atom. The molecule has 3 N–H and O–H groups in total. The molecule has 0 spiro atoms. The predicted octanol–water partition coefficient (Wildman–Crippen LogP) is 25.3. The highest BCUT2D eigenvalue weighted by molar-refractivity contribution is 5.76. The summed E-state index contributed by atoms with van der Waals surface area (Å²) >= 11 is 0. The number of carbonyl (C=O) groups is 2. The number of hydrogen-bond acceptors (Lipinski definition) is 5. The normalized spacial score (nSPS) is 12.6. The Morgan fingerprint density at radius 2 is 0.560 bits per heavy atom. The molecule has 498 valence electrons. The van der Waals surface area contributed by atoms with Crippen LogP contribution in [0.25, 0.3) is 0 Å². The number of ether oxygens (including phenoxy) is 1. The largest absolute Gasteiger partial charge is 0.466 e. The summed E-state index contributed by atoms with van der Waals surface area (Å²) in [5.74, 6) is -0.0172. The summed E-state index contributed by atoms with van der Waals surface area (Å²) in [5.41, 5.74) is 0. The molecule has 84 heavy (non-hydrogen) atoms. The van der Waals surface area contributed by atoms with Crippen LogP contribution in [-0.2, 0) is 14.3 Å². The number of amides is 1. The van der Waals surface area contributed by atoms with Gasteiger partial charge in [-0.2, -0.15) is 0 Å². The topological polar surface area (TPSA) is 95.9 Å². The highest BCUT2D eigenvalue weighted by Crippen LogP contribution is 2.20. The summed E-state index contributed by atoms with van der Waals surface area (Å²) in [6.07, 6.45) is 94.1. The van der Waals surface area contributed by atoms with E-state index in [0.29, 0.717) is 25.9 Å². The average Bonchev–Trinajstić information content (AvgIpc) is 3.51. The molecule has 0 fully saturated rings. The van der Waals surface area contributed by atoms with Gasteiger partial charge in [-0.3, -0.25) is 9.59 Å². The third-order valence-corrected chi connectivity index (χ3v) is 18.2. The first-order valence-corrected chi connectivity index (χ1v) is 38.6. The maximum absolute atomic E-state index is 12.6. The van der Waals surface area contributed by atoms with E-state index in [1.54, 1.807) is 0 Å². The zero-order valence-corrected chi connectivity index (χ0v) is 57.2. The van der Waals surface area contributed by atoms with E-state index in [2.05, 4.69) is 43.5 Å². The van der Waals surface area contributed by atoms with Crippen LogP contribution in [0.1, 0.15) is 438 Å². The van der Waals surface area contributed by atoms with Crippen LogP contribution < -0.4 is 5.32 Å². The minimum atomic E-state index is -0.663. The van der Waals surface area contributed by atoms with Gasteiger partial charge in [0.2, 0.25) is 5.91 Å². The Balaban J connectivity index is 3.35. The number of allylic oxidation sites excluding steroid dienone is 4. The van der Waals surface area contributed by atoms with Gasteiger partial charge in [0.15, 0.2) is 0 Å². The minimum absolute atomic E-state index is 0.00934. The van der Waals surface area contributed by atoms with E-state index >= 15 is 0 Å². The van der Waals surface area contributed by atoms with Crippen molar-refractivity contribution in [3.8, 4) is 0 Å². The van der Waals surface area contributed by atoms with Crippen molar-refractivity contribution < 1.29 is 24.5 Å². The summed E-state index contributed by atoms with van der Waals surface area (Å²) in [7, 11) is 0. The van der Waals surface area contributed by atoms with E-state index < -0.39 is 12.1 Å². The van der Waals surface area contributed by atoms with Crippen LogP contribution in [0.15, 0.2) is 24.3 Å². The van der Waals surface area contributed by atoms with E-state index in [1.807, 2.05) is 0 Å². The van der Waals surface area contributed by atoms with Gasteiger partial charge < -0.3 is 20.3 Å². The molecule has 0 aliphatic rings. The molecular weight excluding hydrogens is 1030 g/mol. The molecule has 0 radical (unpaired) electrons. The van der Waals surface area contributed by atoms with E-state index in [9.17, 15) is 19.8 Å². The number of nitrogens with one attached hydrogen (secondary N) is 1. The van der Waals surface area contributed by atoms with E-state index in [-0.39, 0.29) is 18.5 Å². The molecule has 1 amide bonds. The van der Waals surface area contributed by atoms with Gasteiger partial charge in [-0.1, -0.05) is 372 Å². The summed E-state index contributed by atoms with van der Waals surface area (Å²) < 4.78 is 5.48. The smallest absolute Gasteiger partial charge is 0.305 e. The maximum atomic E-state index is 12.6. The second kappa shape index (κ2) is 73.8. The first kappa shape index (κ1) is 82.3. The van der Waals surface area contributed by atoms with Crippen molar-refractivity contribution in [1.29, 1.82) is 0 Å². The molecule has 0 rings (SSSR count). The molecule has 0 aliphatic heterocycles. The van der Waals surface area contributed by atoms with Gasteiger partial charge in [-0.05, 0) is 77.0 Å². The van der Waals surface area contributed by atoms with Crippen molar-refractivity contribution in [2.24, 2.45) is 0 Å². The first-order chi connectivity index (χ1) is 41.5. The molecule has 0 saturated carbocycles. The van der Waals surface area contributed by atoms with Crippen molar-refractivity contribution in [2.45, 2.75) is 450 Å². The van der Waals surface area contributed by atoms with Crippen LogP contribution in [0.5, 0.6) is 0 Å². The number of hydrogen-bond donors (Lipinski definition) is 3. The van der Waals surface area contributed by atoms with E-state index in [4.69, 9.17) is 4.74 Å². The second-order valence-corrected chi connectivity index (χ2v) is 26.7. The average molecular weight is 1180 g/mol. The van der Waals surface area contributed by atoms with Crippen molar-refractivity contribution in [1.82, 2.24) is 5.32 Å². The summed E-state index contributed by atoms with van der Waals surface area (Å²) in [6, 6.07) is -0.540. The minimum Gasteiger partial charge on any atom is -0.466 e. The number of aliphatic hydroxyl groups is 2. The van der Waals surface area contributed by atoms with Crippen molar-refractivity contribution >= 4 is 11.9 Å². The zero-order chi connectivity index (χ0) is 60.6. The number of rotatable bonds is 73. The summed E-state index contributed by atoms with van der Waals surface area (Å²) in [5, 5.41) is 23.5. The Labute approximate surface area is 526 Å². The van der Waals surface area contributed by atoms with Crippen LogP contribution in [0, 0.1) is 0 Å². The second-order valence-electron chi connectivity index (χ2n) is 26.7. The lowest BCUT2D eigenvalue weighted by Gasteiger charge is -2.22. The van der Waals surface area contributed by atoms with E-state index in [1.165, 1.54) is 360 Å². The fourth-order valence-electron chi connectivity index (χ4n) is 12.3. The van der Waals surface area contributed by atoms with Crippen LogP contribution >= 0.6 is 0 Å². The first-order valence-electron chi connectivity index (χ1n) is 38.6. The molecule has 0 aromatic heterocycles. The molecule has 2 atom stereocenters. The molecule has 0 aromatic rings. The van der Waals surface area contributed by atoms with Gasteiger partial charge >= 0.3 is 5.97 Å². The number of unbranched alkanes of at least 4 members (excludes halogenated alkanes) is 58. The van der Waals surface area contributed by atoms with E-state index in [0.717, 1.165) is 44.9 Å². The number of esters is 1. The third-order valence-electron chi connectivity index (χ3n) is 18.2. The molecule has 0 heterocycles. The lowest BCUT2D eigenvalue weighted by atomic mass is 10.0. The van der Waals surface area contributed by atoms with Crippen LogP contribution in [0.3, 0.4) is 0 Å². The molecule has 0 aromatic carbocycles.